The maximum Gasteiger partial charge on any atom is 0.513 e. The molecule has 2 aliphatic carbocycles. The molecule has 0 radical (unpaired) electrons. The Morgan fingerprint density at radius 1 is 1.18 bits per heavy atom. The Morgan fingerprint density at radius 3 is 2.79 bits per heavy atom. The van der Waals surface area contributed by atoms with Gasteiger partial charge in [0.05, 0.1) is 7.11 Å². The molecule has 0 aromatic heterocycles. The number of hydrogen-bond acceptors (Lipinski definition) is 10. The number of benzene rings is 1. The van der Waals surface area contributed by atoms with E-state index in [-0.39, 0.29) is 12.0 Å². The summed E-state index contributed by atoms with van der Waals surface area (Å²) in [5, 5.41) is 0. The second kappa shape index (κ2) is 8.56. The van der Waals surface area contributed by atoms with E-state index < -0.39 is 42.6 Å². The van der Waals surface area contributed by atoms with E-state index in [1.807, 2.05) is 26.0 Å². The highest BCUT2D eigenvalue weighted by atomic mass is 16.8. The second-order valence-corrected chi connectivity index (χ2v) is 11.6. The van der Waals surface area contributed by atoms with Gasteiger partial charge in [-0.2, -0.15) is 0 Å². The number of rotatable bonds is 5. The minimum Gasteiger partial charge on any atom is -0.493 e. The van der Waals surface area contributed by atoms with E-state index in [9.17, 15) is 4.79 Å². The molecule has 1 aromatic rings. The molecular formula is C28H35NO9. The summed E-state index contributed by atoms with van der Waals surface area (Å²) in [6.45, 7) is 4.59. The summed E-state index contributed by atoms with van der Waals surface area (Å²) in [5.74, 6) is 1.60. The number of allylic oxidation sites excluding steroid dienone is 1. The molecule has 0 N–H and O–H groups in total. The summed E-state index contributed by atoms with van der Waals surface area (Å²) in [4.78, 5) is 15.4. The SMILES string of the molecule is COc1ccc2c3c1OC1C(OC(=O)OC[C@H]4O[C@@H](OC)C5OC(C)(C)O[C@H]54)=CCC4[C@@H](C2)N(C)CC[C@]314. The first kappa shape index (κ1) is 24.7. The van der Waals surface area contributed by atoms with Gasteiger partial charge < -0.3 is 42.8 Å². The van der Waals surface area contributed by atoms with Gasteiger partial charge in [-0.1, -0.05) is 6.07 Å². The number of piperidine rings is 1. The molecule has 3 fully saturated rings. The van der Waals surface area contributed by atoms with E-state index in [1.54, 1.807) is 14.2 Å². The van der Waals surface area contributed by atoms with Crippen LogP contribution in [0.3, 0.4) is 0 Å². The minimum absolute atomic E-state index is 0.0447. The van der Waals surface area contributed by atoms with Gasteiger partial charge in [0, 0.05) is 24.1 Å². The molecule has 4 aliphatic heterocycles. The summed E-state index contributed by atoms with van der Waals surface area (Å²) in [6.07, 6.45) is 1.57. The number of ether oxygens (including phenoxy) is 8. The molecule has 8 atom stereocenters. The summed E-state index contributed by atoms with van der Waals surface area (Å²) in [6, 6.07) is 4.55. The van der Waals surface area contributed by atoms with Gasteiger partial charge in [-0.05, 0) is 70.3 Å². The van der Waals surface area contributed by atoms with Crippen LogP contribution < -0.4 is 9.47 Å². The fourth-order valence-electron chi connectivity index (χ4n) is 7.81. The highest BCUT2D eigenvalue weighted by Crippen LogP contribution is 2.63. The molecule has 6 aliphatic rings. The molecule has 4 heterocycles. The highest BCUT2D eigenvalue weighted by Gasteiger charge is 2.65. The van der Waals surface area contributed by atoms with Gasteiger partial charge in [0.2, 0.25) is 0 Å². The number of carbonyl (C=O) groups excluding carboxylic acids is 1. The van der Waals surface area contributed by atoms with Crippen LogP contribution in [0.15, 0.2) is 24.0 Å². The van der Waals surface area contributed by atoms with Crippen molar-refractivity contribution in [2.75, 3.05) is 34.4 Å². The average molecular weight is 530 g/mol. The molecule has 206 valence electrons. The van der Waals surface area contributed by atoms with Crippen LogP contribution in [0.1, 0.15) is 37.8 Å². The van der Waals surface area contributed by atoms with Gasteiger partial charge in [0.1, 0.15) is 30.7 Å². The van der Waals surface area contributed by atoms with E-state index in [0.717, 1.165) is 31.6 Å². The fourth-order valence-corrected chi connectivity index (χ4v) is 7.81. The third-order valence-corrected chi connectivity index (χ3v) is 9.33. The first-order valence-corrected chi connectivity index (χ1v) is 13.4. The molecule has 10 heteroatoms. The zero-order chi connectivity index (χ0) is 26.4. The summed E-state index contributed by atoms with van der Waals surface area (Å²) < 4.78 is 46.9. The zero-order valence-electron chi connectivity index (χ0n) is 22.4. The number of fused-ring (bicyclic) bond motifs is 1. The summed E-state index contributed by atoms with van der Waals surface area (Å²) in [5.41, 5.74) is 2.27. The lowest BCUT2D eigenvalue weighted by Gasteiger charge is -2.56. The maximum absolute atomic E-state index is 13.0. The third kappa shape index (κ3) is 3.40. The van der Waals surface area contributed by atoms with E-state index in [0.29, 0.717) is 23.5 Å². The number of carbonyl (C=O) groups is 1. The quantitative estimate of drug-likeness (QED) is 0.530. The lowest BCUT2D eigenvalue weighted by Crippen LogP contribution is -2.63. The lowest BCUT2D eigenvalue weighted by atomic mass is 9.53. The molecule has 38 heavy (non-hydrogen) atoms. The number of methoxy groups -OCH3 is 2. The predicted octanol–water partition coefficient (Wildman–Crippen LogP) is 2.90. The second-order valence-electron chi connectivity index (χ2n) is 11.6. The number of likely N-dealkylation sites (N-methyl/N-ethyl adjacent to an activating group) is 1. The molecule has 3 saturated heterocycles. The Hall–Kier alpha value is -2.37. The van der Waals surface area contributed by atoms with Crippen LogP contribution in [0, 0.1) is 5.92 Å². The van der Waals surface area contributed by atoms with Crippen molar-refractivity contribution in [3.05, 3.63) is 35.1 Å². The van der Waals surface area contributed by atoms with Crippen LogP contribution in [0.2, 0.25) is 0 Å². The average Bonchev–Trinajstić information content (AvgIpc) is 3.51. The van der Waals surface area contributed by atoms with Crippen molar-refractivity contribution in [2.45, 2.75) is 81.1 Å². The standard InChI is InChI=1S/C28H35NO9/c1-27(2)37-22-19(34-25(32-5)23(22)38-27)13-33-26(30)35-18-9-7-15-16-12-14-6-8-17(31-4)21-20(14)28(15,24(18)36-21)10-11-29(16)3/h6,8-9,15-16,19,22-25H,7,10-13H2,1-5H3/t15?,16-,19-,22+,23?,24?,25-,28+/m1/s1. The van der Waals surface area contributed by atoms with Gasteiger partial charge in [-0.15, -0.1) is 0 Å². The number of likely N-dealkylation sites (tertiary alicyclic amines) is 1. The first-order valence-electron chi connectivity index (χ1n) is 13.4. The Morgan fingerprint density at radius 2 is 2.00 bits per heavy atom. The van der Waals surface area contributed by atoms with E-state index in [2.05, 4.69) is 18.0 Å². The van der Waals surface area contributed by atoms with Gasteiger partial charge in [-0.25, -0.2) is 4.79 Å². The lowest BCUT2D eigenvalue weighted by molar-refractivity contribution is -0.230. The summed E-state index contributed by atoms with van der Waals surface area (Å²) >= 11 is 0. The van der Waals surface area contributed by atoms with Crippen molar-refractivity contribution >= 4 is 6.16 Å². The minimum atomic E-state index is -0.794. The smallest absolute Gasteiger partial charge is 0.493 e. The van der Waals surface area contributed by atoms with Crippen LogP contribution in [0.25, 0.3) is 0 Å². The third-order valence-electron chi connectivity index (χ3n) is 9.33. The normalized spacial score (nSPS) is 39.6. The molecule has 0 amide bonds. The van der Waals surface area contributed by atoms with Gasteiger partial charge in [0.15, 0.2) is 29.7 Å². The van der Waals surface area contributed by atoms with E-state index in [4.69, 9.17) is 37.9 Å². The Bertz CT molecular complexity index is 1180. The van der Waals surface area contributed by atoms with Crippen LogP contribution >= 0.6 is 0 Å². The molecule has 10 nitrogen and oxygen atoms in total. The Labute approximate surface area is 222 Å². The molecular weight excluding hydrogens is 494 g/mol. The van der Waals surface area contributed by atoms with Crippen LogP contribution in [-0.2, 0) is 40.3 Å². The van der Waals surface area contributed by atoms with Gasteiger partial charge in [0.25, 0.3) is 0 Å². The summed E-state index contributed by atoms with van der Waals surface area (Å²) in [7, 11) is 5.41. The zero-order valence-corrected chi connectivity index (χ0v) is 22.4. The predicted molar refractivity (Wildman–Crippen MR) is 132 cm³/mol. The Balaban J connectivity index is 1.11. The number of hydrogen-bond donors (Lipinski definition) is 0. The van der Waals surface area contributed by atoms with Crippen LogP contribution in [0.4, 0.5) is 4.79 Å². The van der Waals surface area contributed by atoms with E-state index >= 15 is 0 Å². The van der Waals surface area contributed by atoms with Gasteiger partial charge in [-0.3, -0.25) is 0 Å². The maximum atomic E-state index is 13.0. The first-order chi connectivity index (χ1) is 18.3. The molecule has 1 spiro atoms. The fraction of sp³-hybridized carbons (Fsp3) is 0.679. The topological polar surface area (TPSA) is 94.2 Å². The van der Waals surface area contributed by atoms with Gasteiger partial charge >= 0.3 is 6.16 Å². The Kier molecular flexibility index (Phi) is 5.56. The van der Waals surface area contributed by atoms with E-state index in [1.165, 1.54) is 11.1 Å². The van der Waals surface area contributed by atoms with Crippen molar-refractivity contribution in [1.82, 2.24) is 4.90 Å². The highest BCUT2D eigenvalue weighted by molar-refractivity contribution is 5.65. The van der Waals surface area contributed by atoms with Crippen molar-refractivity contribution in [3.63, 3.8) is 0 Å². The molecule has 1 aromatic carbocycles. The molecule has 2 bridgehead atoms. The van der Waals surface area contributed by atoms with Crippen LogP contribution in [-0.4, -0.2) is 88.0 Å². The van der Waals surface area contributed by atoms with Crippen molar-refractivity contribution in [3.8, 4) is 11.5 Å². The van der Waals surface area contributed by atoms with Crippen molar-refractivity contribution < 1.29 is 42.7 Å². The van der Waals surface area contributed by atoms with Crippen molar-refractivity contribution in [1.29, 1.82) is 0 Å². The van der Waals surface area contributed by atoms with Crippen molar-refractivity contribution in [2.24, 2.45) is 5.92 Å². The molecule has 0 saturated carbocycles. The largest absolute Gasteiger partial charge is 0.513 e. The monoisotopic (exact) mass is 529 g/mol. The van der Waals surface area contributed by atoms with Crippen LogP contribution in [0.5, 0.6) is 11.5 Å². The number of nitrogens with zero attached hydrogens (tertiary/aromatic N) is 1. The molecule has 3 unspecified atom stereocenters. The molecule has 7 rings (SSSR count).